The lowest BCUT2D eigenvalue weighted by Crippen LogP contribution is -2.66. The van der Waals surface area contributed by atoms with Crippen molar-refractivity contribution in [3.05, 3.63) is 11.6 Å². The summed E-state index contributed by atoms with van der Waals surface area (Å²) in [7, 11) is 0. The molecule has 10 rings (SSSR count). The molecule has 0 amide bonds. The van der Waals surface area contributed by atoms with Gasteiger partial charge in [-0.05, 0) is 99.7 Å². The number of ether oxygens (including phenoxy) is 12. The molecule has 0 radical (unpaired) electrons. The van der Waals surface area contributed by atoms with E-state index < -0.39 is 264 Å². The van der Waals surface area contributed by atoms with Gasteiger partial charge in [-0.2, -0.15) is 0 Å². The Bertz CT molecular complexity index is 2670. The van der Waals surface area contributed by atoms with Crippen LogP contribution in [0.25, 0.3) is 0 Å². The van der Waals surface area contributed by atoms with Gasteiger partial charge in [0.2, 0.25) is 0 Å². The van der Waals surface area contributed by atoms with Gasteiger partial charge in [-0.15, -0.1) is 0 Å². The average Bonchev–Trinajstić information content (AvgIpc) is 1.33. The first-order valence-electron chi connectivity index (χ1n) is 35.1. The Balaban J connectivity index is 0.828. The maximum absolute atomic E-state index is 13.0. The molecule has 5 unspecified atom stereocenters. The van der Waals surface area contributed by atoms with Crippen molar-refractivity contribution in [2.75, 3.05) is 39.6 Å². The molecule has 6 saturated heterocycles. The Morgan fingerprint density at radius 3 is 1.33 bits per heavy atom. The maximum atomic E-state index is 13.0. The Morgan fingerprint density at radius 1 is 0.460 bits per heavy atom. The number of hydrogen-bond acceptors (Lipinski definition) is 34. The Hall–Kier alpha value is -1.62. The van der Waals surface area contributed by atoms with Gasteiger partial charge in [-0.1, -0.05) is 53.2 Å². The van der Waals surface area contributed by atoms with Gasteiger partial charge in [0, 0.05) is 10.8 Å². The highest BCUT2D eigenvalue weighted by molar-refractivity contribution is 5.32. The third kappa shape index (κ3) is 14.8. The number of rotatable bonds is 23. The van der Waals surface area contributed by atoms with E-state index in [0.717, 1.165) is 18.4 Å². The van der Waals surface area contributed by atoms with Crippen LogP contribution >= 0.6 is 0 Å². The van der Waals surface area contributed by atoms with Crippen molar-refractivity contribution in [2.45, 2.75) is 315 Å². The first-order chi connectivity index (χ1) is 46.9. The normalized spacial score (nSPS) is 52.1. The van der Waals surface area contributed by atoms with E-state index in [-0.39, 0.29) is 35.5 Å². The smallest absolute Gasteiger partial charge is 0.187 e. The van der Waals surface area contributed by atoms with Crippen LogP contribution in [0.1, 0.15) is 107 Å². The van der Waals surface area contributed by atoms with E-state index in [1.54, 1.807) is 0 Å². The second kappa shape index (κ2) is 31.5. The molecule has 40 atom stereocenters. The van der Waals surface area contributed by atoms with E-state index in [0.29, 0.717) is 32.1 Å². The summed E-state index contributed by atoms with van der Waals surface area (Å²) in [6.07, 6.45) is -48.5. The fourth-order valence-corrected chi connectivity index (χ4v) is 18.5. The molecule has 6 aliphatic heterocycles. The summed E-state index contributed by atoms with van der Waals surface area (Å²) in [5.41, 5.74) is -2.90. The highest BCUT2D eigenvalue weighted by Crippen LogP contribution is 2.75. The molecule has 6 heterocycles. The average molecular weight is 1450 g/mol. The van der Waals surface area contributed by atoms with Crippen LogP contribution in [0.3, 0.4) is 0 Å². The number of allylic oxidation sites excluding steroid dienone is 1. The Labute approximate surface area is 579 Å². The minimum absolute atomic E-state index is 0.0192. The fourth-order valence-electron chi connectivity index (χ4n) is 18.5. The number of hydrogen-bond donors (Lipinski definition) is 22. The predicted molar refractivity (Wildman–Crippen MR) is 333 cm³/mol. The predicted octanol–water partition coefficient (Wildman–Crippen LogP) is -7.58. The zero-order valence-electron chi connectivity index (χ0n) is 57.6. The van der Waals surface area contributed by atoms with E-state index in [4.69, 9.17) is 56.8 Å². The molecule has 9 fully saturated rings. The van der Waals surface area contributed by atoms with Crippen LogP contribution in [0, 0.1) is 45.3 Å². The van der Waals surface area contributed by atoms with Gasteiger partial charge in [-0.25, -0.2) is 0 Å². The molecule has 580 valence electrons. The number of aliphatic hydroxyl groups excluding tert-OH is 21. The third-order valence-corrected chi connectivity index (χ3v) is 25.0. The third-order valence-electron chi connectivity index (χ3n) is 25.0. The fraction of sp³-hybridized carbons (Fsp3) is 0.970. The molecule has 100 heavy (non-hydrogen) atoms. The van der Waals surface area contributed by atoms with E-state index in [2.05, 4.69) is 33.8 Å². The molecule has 22 N–H and O–H groups in total. The van der Waals surface area contributed by atoms with E-state index >= 15 is 0 Å². The monoisotopic (exact) mass is 1450 g/mol. The molecule has 0 aromatic carbocycles. The molecule has 4 aliphatic carbocycles. The van der Waals surface area contributed by atoms with Crippen molar-refractivity contribution in [3.8, 4) is 0 Å². The Kier molecular flexibility index (Phi) is 25.5. The first kappa shape index (κ1) is 80.9. The van der Waals surface area contributed by atoms with Gasteiger partial charge in [0.1, 0.15) is 146 Å². The minimum Gasteiger partial charge on any atom is -0.394 e. The van der Waals surface area contributed by atoms with Gasteiger partial charge in [-0.3, -0.25) is 0 Å². The molecule has 0 bridgehead atoms. The minimum atomic E-state index is -1.99. The lowest BCUT2D eigenvalue weighted by molar-refractivity contribution is -0.380. The van der Waals surface area contributed by atoms with Crippen molar-refractivity contribution in [3.63, 3.8) is 0 Å². The maximum Gasteiger partial charge on any atom is 0.187 e. The van der Waals surface area contributed by atoms with Crippen LogP contribution < -0.4 is 0 Å². The zero-order chi connectivity index (χ0) is 73.5. The first-order valence-corrected chi connectivity index (χ1v) is 35.1. The topological polar surface area (TPSA) is 556 Å². The highest BCUT2D eigenvalue weighted by atomic mass is 16.8. The van der Waals surface area contributed by atoms with Crippen molar-refractivity contribution < 1.29 is 169 Å². The summed E-state index contributed by atoms with van der Waals surface area (Å²) in [5.74, 6) is -0.257. The van der Waals surface area contributed by atoms with Gasteiger partial charge in [0.25, 0.3) is 0 Å². The molecule has 10 aliphatic rings. The van der Waals surface area contributed by atoms with Crippen molar-refractivity contribution in [1.29, 1.82) is 0 Å². The lowest BCUT2D eigenvalue weighted by Gasteiger charge is -2.67. The summed E-state index contributed by atoms with van der Waals surface area (Å²) >= 11 is 0. The van der Waals surface area contributed by atoms with Crippen LogP contribution in [-0.2, 0) is 56.8 Å². The standard InChI is InChI=1S/C66H112O34/c1-24(9-13-37(63(4,5)88)98-61-55(99-58-52(86)46(80)40(74)30(20-69)93-58)49(83)43(77)33(96-61)23-90-57-51(85)45(79)39(73)29(19-68)92-57)25-15-16-64(6)34-12-10-26-27(66(34,8)35(71)17-65(25,64)7)11-14-36(62(26,2)3)97-60-54(48(82)41(75)31(21-70)94-60)100-59-53(87)47(81)42(76)32(95-59)22-89-56-50(84)44(78)38(72)28(18-67)91-56/h10,24-25,27-61,67-88H,9,11-23H2,1-8H3/t24-,25?,27?,28-,29-,30+,31-,32+,33-,34?,35-,36+,37-,38-,39-,40+,41-,42+,43-,44+,45+,46-,47-,48+,49+,50-,51-,52+,53+,54-,55-,56?,57?,58-,59-,60+,61+,64+,65-,66+/m1/s1. The summed E-state index contributed by atoms with van der Waals surface area (Å²) in [4.78, 5) is 0. The lowest BCUT2D eigenvalue weighted by atomic mass is 9.38. The largest absolute Gasteiger partial charge is 0.394 e. The van der Waals surface area contributed by atoms with E-state index in [1.165, 1.54) is 13.8 Å². The quantitative estimate of drug-likeness (QED) is 0.0423. The van der Waals surface area contributed by atoms with Crippen LogP contribution in [-0.4, -0.2) is 360 Å². The van der Waals surface area contributed by atoms with Crippen LogP contribution in [0.4, 0.5) is 0 Å². The van der Waals surface area contributed by atoms with Crippen LogP contribution in [0.15, 0.2) is 11.6 Å². The molecule has 0 aromatic rings. The molecule has 34 nitrogen and oxygen atoms in total. The second-order valence-electron chi connectivity index (χ2n) is 31.5. The van der Waals surface area contributed by atoms with Crippen molar-refractivity contribution in [1.82, 2.24) is 0 Å². The summed E-state index contributed by atoms with van der Waals surface area (Å²) in [6.45, 7) is 11.3. The highest BCUT2D eigenvalue weighted by Gasteiger charge is 2.71. The molecule has 0 aromatic heterocycles. The number of aliphatic hydroxyl groups is 22. The van der Waals surface area contributed by atoms with E-state index in [1.807, 2.05) is 13.8 Å². The van der Waals surface area contributed by atoms with Gasteiger partial charge in [0.15, 0.2) is 37.7 Å². The summed E-state index contributed by atoms with van der Waals surface area (Å²) < 4.78 is 71.6. The van der Waals surface area contributed by atoms with Gasteiger partial charge in [0.05, 0.1) is 63.6 Å². The van der Waals surface area contributed by atoms with Gasteiger partial charge < -0.3 is 169 Å². The molecule has 0 spiro atoms. The zero-order valence-corrected chi connectivity index (χ0v) is 57.6. The Morgan fingerprint density at radius 2 is 0.860 bits per heavy atom. The van der Waals surface area contributed by atoms with E-state index in [9.17, 15) is 112 Å². The second-order valence-corrected chi connectivity index (χ2v) is 31.5. The molecular formula is C66H112O34. The molecule has 3 saturated carbocycles. The summed E-state index contributed by atoms with van der Waals surface area (Å²) in [5, 5.41) is 239. The van der Waals surface area contributed by atoms with Crippen LogP contribution in [0.5, 0.6) is 0 Å². The van der Waals surface area contributed by atoms with Crippen molar-refractivity contribution in [2.24, 2.45) is 45.3 Å². The van der Waals surface area contributed by atoms with Gasteiger partial charge >= 0.3 is 0 Å². The molecule has 34 heteroatoms. The summed E-state index contributed by atoms with van der Waals surface area (Å²) in [6, 6.07) is 0. The van der Waals surface area contributed by atoms with Crippen LogP contribution in [0.2, 0.25) is 0 Å². The number of fused-ring (bicyclic) bond motifs is 5. The SMILES string of the molecule is C[C@H](CC[C@@H](O[C@@H]1O[C@H](COC2O[C@H](CO)[C@@H](O)[C@H](O)[C@H]2O)[C@@H](O)[C@H](O)[C@H]1O[C@H]1O[C@@H](CO)[C@H](O)[C@@H](O)[C@@H]1O)C(C)(C)O)C1CC[C@@]2(C)C3CC=C4C(CC[C@H](O[C@@H]5O[C@H](CO)[C@@H](O)[C@H](O)[C@H]5O[C@H]5O[C@@H](COC6O[C@H](CO)[C@@H](O)[C@H](O)[C@H]6O)[C@H](O)[C@@H](O)[C@@H]5O)C4(C)C)[C@]3(C)[C@H](O)C[C@]12C. The van der Waals surface area contributed by atoms with Crippen molar-refractivity contribution >= 4 is 0 Å². The molecular weight excluding hydrogens is 1340 g/mol.